The first kappa shape index (κ1) is 25.1. The molecule has 1 rings (SSSR count). The molecule has 0 aliphatic carbocycles. The van der Waals surface area contributed by atoms with Crippen LogP contribution in [0.1, 0.15) is 78.1 Å². The Kier molecular flexibility index (Phi) is 11.9. The normalized spacial score (nSPS) is 23.2. The van der Waals surface area contributed by atoms with Gasteiger partial charge in [0.25, 0.3) is 0 Å². The fraction of sp³-hybridized carbons (Fsp3) is 0.850. The van der Waals surface area contributed by atoms with Crippen molar-refractivity contribution >= 4 is 28.0 Å². The number of unbranched alkanes of at least 4 members (excludes halogenated alkanes) is 4. The highest BCUT2D eigenvalue weighted by Crippen LogP contribution is 2.50. The van der Waals surface area contributed by atoms with Gasteiger partial charge >= 0.3 is 5.97 Å². The van der Waals surface area contributed by atoms with Crippen molar-refractivity contribution in [3.05, 3.63) is 0 Å². The molecule has 1 aliphatic heterocycles. The average molecular weight is 417 g/mol. The lowest BCUT2D eigenvalue weighted by atomic mass is 9.71. The van der Waals surface area contributed by atoms with Crippen LogP contribution in [-0.4, -0.2) is 40.6 Å². The van der Waals surface area contributed by atoms with Gasteiger partial charge in [0.1, 0.15) is 5.41 Å². The Bertz CT molecular complexity index is 517. The molecule has 7 nitrogen and oxygen atoms in total. The number of aliphatic hydroxyl groups is 1. The number of hydrazine groups is 1. The summed E-state index contributed by atoms with van der Waals surface area (Å²) in [5.74, 6) is 3.95. The van der Waals surface area contributed by atoms with Crippen molar-refractivity contribution in [1.82, 2.24) is 5.43 Å². The van der Waals surface area contributed by atoms with E-state index in [0.717, 1.165) is 32.1 Å². The summed E-state index contributed by atoms with van der Waals surface area (Å²) >= 11 is 0.638. The standard InChI is InChI=1S/C20H36N2O5S/c1-3-5-7-10-15(23)11-12-16-17(24)28-19(26)20(16,18(25)27-4-2)13-8-6-9-14-22-21/h15-16,22-23H,3-14,21H2,1-2H3/t15?,16-,20+/m0/s1. The lowest BCUT2D eigenvalue weighted by molar-refractivity contribution is -0.163. The van der Waals surface area contributed by atoms with Gasteiger partial charge in [-0.15, -0.1) is 0 Å². The molecule has 1 fully saturated rings. The van der Waals surface area contributed by atoms with E-state index >= 15 is 0 Å². The number of carbonyl (C=O) groups is 3. The van der Waals surface area contributed by atoms with E-state index < -0.39 is 28.5 Å². The topological polar surface area (TPSA) is 119 Å². The van der Waals surface area contributed by atoms with Crippen LogP contribution in [0.4, 0.5) is 0 Å². The number of rotatable bonds is 15. The molecule has 0 aromatic heterocycles. The predicted molar refractivity (Wildman–Crippen MR) is 110 cm³/mol. The van der Waals surface area contributed by atoms with Crippen molar-refractivity contribution in [2.45, 2.75) is 84.2 Å². The van der Waals surface area contributed by atoms with Gasteiger partial charge in [-0.1, -0.05) is 39.0 Å². The second-order valence-electron chi connectivity index (χ2n) is 7.44. The molecular weight excluding hydrogens is 380 g/mol. The van der Waals surface area contributed by atoms with Gasteiger partial charge in [0, 0.05) is 6.54 Å². The Hall–Kier alpha value is -0.960. The summed E-state index contributed by atoms with van der Waals surface area (Å²) in [5, 5.41) is 9.56. The van der Waals surface area contributed by atoms with E-state index in [-0.39, 0.29) is 11.7 Å². The largest absolute Gasteiger partial charge is 0.465 e. The SMILES string of the molecule is CCCCCC(O)CC[C@H]1C(=O)SC(=O)[C@@]1(CCCCCNN)C(=O)OCC. The number of thioether (sulfide) groups is 1. The number of aliphatic hydroxyl groups excluding tert-OH is 1. The molecule has 0 amide bonds. The number of hydrogen-bond acceptors (Lipinski definition) is 8. The molecule has 1 aliphatic rings. The van der Waals surface area contributed by atoms with Gasteiger partial charge in [0.2, 0.25) is 10.2 Å². The molecule has 0 spiro atoms. The van der Waals surface area contributed by atoms with Crippen molar-refractivity contribution in [3.63, 3.8) is 0 Å². The summed E-state index contributed by atoms with van der Waals surface area (Å²) < 4.78 is 5.22. The third-order valence-corrected chi connectivity index (χ3v) is 6.43. The zero-order valence-electron chi connectivity index (χ0n) is 17.2. The van der Waals surface area contributed by atoms with Gasteiger partial charge in [-0.3, -0.25) is 25.7 Å². The second-order valence-corrected chi connectivity index (χ2v) is 8.42. The van der Waals surface area contributed by atoms with Crippen LogP contribution in [-0.2, 0) is 19.1 Å². The minimum atomic E-state index is -1.42. The zero-order valence-corrected chi connectivity index (χ0v) is 18.0. The lowest BCUT2D eigenvalue weighted by Gasteiger charge is -2.30. The Morgan fingerprint density at radius 1 is 1.21 bits per heavy atom. The average Bonchev–Trinajstić information content (AvgIpc) is 2.90. The highest BCUT2D eigenvalue weighted by Gasteiger charge is 2.60. The zero-order chi connectivity index (χ0) is 21.0. The molecule has 3 atom stereocenters. The Labute approximate surface area is 172 Å². The van der Waals surface area contributed by atoms with E-state index in [2.05, 4.69) is 12.3 Å². The maximum Gasteiger partial charge on any atom is 0.321 e. The molecule has 0 aromatic rings. The van der Waals surface area contributed by atoms with Gasteiger partial charge in [-0.05, 0) is 50.8 Å². The first-order valence-electron chi connectivity index (χ1n) is 10.5. The first-order valence-corrected chi connectivity index (χ1v) is 11.3. The van der Waals surface area contributed by atoms with Crippen LogP contribution in [0.3, 0.4) is 0 Å². The minimum Gasteiger partial charge on any atom is -0.465 e. The molecule has 8 heteroatoms. The molecule has 0 aromatic carbocycles. The smallest absolute Gasteiger partial charge is 0.321 e. The monoisotopic (exact) mass is 416 g/mol. The summed E-state index contributed by atoms with van der Waals surface area (Å²) in [6.07, 6.45) is 6.50. The van der Waals surface area contributed by atoms with Crippen molar-refractivity contribution in [2.75, 3.05) is 13.2 Å². The van der Waals surface area contributed by atoms with Crippen LogP contribution < -0.4 is 11.3 Å². The minimum absolute atomic E-state index is 0.163. The van der Waals surface area contributed by atoms with Crippen LogP contribution in [0.25, 0.3) is 0 Å². The third-order valence-electron chi connectivity index (χ3n) is 5.40. The van der Waals surface area contributed by atoms with E-state index in [0.29, 0.717) is 50.4 Å². The van der Waals surface area contributed by atoms with E-state index in [1.54, 1.807) is 6.92 Å². The Balaban J connectivity index is 2.86. The quantitative estimate of drug-likeness (QED) is 0.123. The van der Waals surface area contributed by atoms with E-state index in [9.17, 15) is 19.5 Å². The van der Waals surface area contributed by atoms with Crippen LogP contribution >= 0.6 is 11.8 Å². The Morgan fingerprint density at radius 3 is 2.61 bits per heavy atom. The predicted octanol–water partition coefficient (Wildman–Crippen LogP) is 2.70. The Morgan fingerprint density at radius 2 is 1.96 bits per heavy atom. The molecule has 0 bridgehead atoms. The molecule has 1 unspecified atom stereocenters. The molecule has 162 valence electrons. The summed E-state index contributed by atoms with van der Waals surface area (Å²) in [4.78, 5) is 38.1. The van der Waals surface area contributed by atoms with E-state index in [4.69, 9.17) is 10.6 Å². The summed E-state index contributed by atoms with van der Waals surface area (Å²) in [6, 6.07) is 0. The van der Waals surface area contributed by atoms with Gasteiger partial charge < -0.3 is 9.84 Å². The number of nitrogens with one attached hydrogen (secondary N) is 1. The fourth-order valence-corrected chi connectivity index (χ4v) is 4.92. The molecule has 0 radical (unpaired) electrons. The number of hydrogen-bond donors (Lipinski definition) is 3. The van der Waals surface area contributed by atoms with Crippen LogP contribution in [0.15, 0.2) is 0 Å². The second kappa shape index (κ2) is 13.3. The third kappa shape index (κ3) is 6.83. The first-order chi connectivity index (χ1) is 13.4. The van der Waals surface area contributed by atoms with Crippen LogP contribution in [0.2, 0.25) is 0 Å². The molecule has 28 heavy (non-hydrogen) atoms. The van der Waals surface area contributed by atoms with Gasteiger partial charge in [0.05, 0.1) is 18.6 Å². The molecule has 4 N–H and O–H groups in total. The number of carbonyl (C=O) groups excluding carboxylic acids is 3. The van der Waals surface area contributed by atoms with Crippen molar-refractivity contribution in [2.24, 2.45) is 17.2 Å². The van der Waals surface area contributed by atoms with E-state index in [1.165, 1.54) is 0 Å². The van der Waals surface area contributed by atoms with Crippen LogP contribution in [0, 0.1) is 11.3 Å². The highest BCUT2D eigenvalue weighted by molar-refractivity contribution is 8.26. The summed E-state index contributed by atoms with van der Waals surface area (Å²) in [6.45, 7) is 4.61. The van der Waals surface area contributed by atoms with Crippen molar-refractivity contribution in [3.8, 4) is 0 Å². The van der Waals surface area contributed by atoms with Crippen molar-refractivity contribution < 1.29 is 24.2 Å². The van der Waals surface area contributed by atoms with E-state index in [1.807, 2.05) is 0 Å². The summed E-state index contributed by atoms with van der Waals surface area (Å²) in [5.41, 5.74) is 1.16. The molecular formula is C20H36N2O5S. The van der Waals surface area contributed by atoms with Gasteiger partial charge in [0.15, 0.2) is 0 Å². The molecule has 1 saturated heterocycles. The lowest BCUT2D eigenvalue weighted by Crippen LogP contribution is -2.43. The fourth-order valence-electron chi connectivity index (χ4n) is 3.77. The van der Waals surface area contributed by atoms with Gasteiger partial charge in [-0.25, -0.2) is 0 Å². The number of nitrogens with two attached hydrogens (primary N) is 1. The maximum absolute atomic E-state index is 12.8. The highest BCUT2D eigenvalue weighted by atomic mass is 32.2. The molecule has 1 heterocycles. The molecule has 0 saturated carbocycles. The van der Waals surface area contributed by atoms with Gasteiger partial charge in [-0.2, -0.15) is 0 Å². The number of esters is 1. The number of ether oxygens (including phenoxy) is 1. The maximum atomic E-state index is 12.8. The summed E-state index contributed by atoms with van der Waals surface area (Å²) in [7, 11) is 0. The van der Waals surface area contributed by atoms with Crippen molar-refractivity contribution in [1.29, 1.82) is 0 Å². The van der Waals surface area contributed by atoms with Crippen LogP contribution in [0.5, 0.6) is 0 Å².